The van der Waals surface area contributed by atoms with E-state index >= 15 is 8.78 Å². The first-order valence-corrected chi connectivity index (χ1v) is 12.1. The Bertz CT molecular complexity index is 1320. The molecule has 0 radical (unpaired) electrons. The maximum atomic E-state index is 16.0. The zero-order chi connectivity index (χ0) is 26.0. The number of benzene rings is 1. The lowest BCUT2D eigenvalue weighted by Crippen LogP contribution is -2.49. The average Bonchev–Trinajstić information content (AvgIpc) is 3.44. The zero-order valence-electron chi connectivity index (χ0n) is 20.4. The summed E-state index contributed by atoms with van der Waals surface area (Å²) < 4.78 is 44.2. The van der Waals surface area contributed by atoms with Crippen LogP contribution < -0.4 is 15.6 Å². The Morgan fingerprint density at radius 2 is 2.00 bits per heavy atom. The van der Waals surface area contributed by atoms with Gasteiger partial charge in [0.2, 0.25) is 5.43 Å². The van der Waals surface area contributed by atoms with Gasteiger partial charge in [0, 0.05) is 37.9 Å². The maximum absolute atomic E-state index is 16.0. The molecule has 2 aromatic rings. The minimum absolute atomic E-state index is 0.0815. The van der Waals surface area contributed by atoms with Gasteiger partial charge in [0.1, 0.15) is 28.3 Å². The number of ether oxygens (including phenoxy) is 2. The number of carbonyl (C=O) groups excluding carboxylic acids is 1. The fourth-order valence-electron chi connectivity index (χ4n) is 5.34. The number of fused-ring (bicyclic) bond motifs is 2. The number of anilines is 1. The number of aromatic carboxylic acids is 1. The van der Waals surface area contributed by atoms with Crippen LogP contribution in [0.1, 0.15) is 56.4 Å². The number of aromatic nitrogens is 1. The molecule has 1 aliphatic carbocycles. The fourth-order valence-corrected chi connectivity index (χ4v) is 5.34. The molecule has 1 amide bonds. The van der Waals surface area contributed by atoms with E-state index < -0.39 is 45.9 Å². The van der Waals surface area contributed by atoms with Gasteiger partial charge >= 0.3 is 12.1 Å². The van der Waals surface area contributed by atoms with Crippen molar-refractivity contribution in [1.29, 1.82) is 0 Å². The van der Waals surface area contributed by atoms with Gasteiger partial charge in [0.05, 0.1) is 17.4 Å². The number of halogens is 2. The van der Waals surface area contributed by atoms with Crippen LogP contribution in [0.25, 0.3) is 10.9 Å². The van der Waals surface area contributed by atoms with Gasteiger partial charge in [-0.25, -0.2) is 18.4 Å². The van der Waals surface area contributed by atoms with Gasteiger partial charge in [-0.2, -0.15) is 0 Å². The van der Waals surface area contributed by atoms with E-state index in [0.717, 1.165) is 12.3 Å². The number of rotatable bonds is 5. The van der Waals surface area contributed by atoms with Crippen molar-refractivity contribution in [1.82, 2.24) is 9.88 Å². The van der Waals surface area contributed by atoms with E-state index in [1.807, 2.05) is 0 Å². The van der Waals surface area contributed by atoms with Gasteiger partial charge in [0.25, 0.3) is 0 Å². The third kappa shape index (κ3) is 4.19. The van der Waals surface area contributed by atoms with Crippen LogP contribution in [0.5, 0.6) is 0 Å². The normalized spacial score (nSPS) is 23.7. The van der Waals surface area contributed by atoms with Crippen molar-refractivity contribution >= 4 is 28.7 Å². The topological polar surface area (TPSA) is 110 Å². The molecule has 3 fully saturated rings. The Labute approximate surface area is 206 Å². The lowest BCUT2D eigenvalue weighted by Gasteiger charge is -2.30. The van der Waals surface area contributed by atoms with Crippen molar-refractivity contribution in [3.63, 3.8) is 0 Å². The van der Waals surface area contributed by atoms with Crippen LogP contribution in [0.2, 0.25) is 0 Å². The molecule has 2 atom stereocenters. The average molecular weight is 506 g/mol. The number of nitrogens with zero attached hydrogens (tertiary/aromatic N) is 2. The monoisotopic (exact) mass is 505 g/mol. The Balaban J connectivity index is 1.50. The van der Waals surface area contributed by atoms with E-state index in [1.54, 1.807) is 25.7 Å². The molecule has 11 heteroatoms. The minimum Gasteiger partial charge on any atom is -0.477 e. The highest BCUT2D eigenvalue weighted by atomic mass is 19.1. The lowest BCUT2D eigenvalue weighted by atomic mass is 9.91. The summed E-state index contributed by atoms with van der Waals surface area (Å²) in [6.07, 6.45) is 2.64. The number of carboxylic acids is 1. The second kappa shape index (κ2) is 8.43. The van der Waals surface area contributed by atoms with E-state index in [2.05, 4.69) is 5.32 Å². The molecule has 9 nitrogen and oxygen atoms in total. The van der Waals surface area contributed by atoms with Gasteiger partial charge in [-0.1, -0.05) is 0 Å². The predicted molar refractivity (Wildman–Crippen MR) is 127 cm³/mol. The molecule has 3 aliphatic rings. The van der Waals surface area contributed by atoms with Gasteiger partial charge in [-0.15, -0.1) is 0 Å². The summed E-state index contributed by atoms with van der Waals surface area (Å²) in [5.41, 5.74) is -3.32. The molecule has 194 valence electrons. The molecular weight excluding hydrogens is 476 g/mol. The second-order valence-electron chi connectivity index (χ2n) is 10.9. The molecule has 0 bridgehead atoms. The summed E-state index contributed by atoms with van der Waals surface area (Å²) in [5.74, 6) is -3.37. The molecule has 1 unspecified atom stereocenters. The molecule has 5 rings (SSSR count). The third-order valence-electron chi connectivity index (χ3n) is 7.10. The Morgan fingerprint density at radius 3 is 2.64 bits per heavy atom. The first kappa shape index (κ1) is 24.5. The van der Waals surface area contributed by atoms with Crippen LogP contribution in [0.15, 0.2) is 17.1 Å². The van der Waals surface area contributed by atoms with Crippen molar-refractivity contribution in [3.05, 3.63) is 39.7 Å². The Morgan fingerprint density at radius 1 is 1.28 bits per heavy atom. The molecule has 0 spiro atoms. The van der Waals surface area contributed by atoms with Gasteiger partial charge < -0.3 is 29.4 Å². The summed E-state index contributed by atoms with van der Waals surface area (Å²) in [6, 6.07) is 0.784. The third-order valence-corrected chi connectivity index (χ3v) is 7.10. The predicted octanol–water partition coefficient (Wildman–Crippen LogP) is 3.43. The number of carboxylic acid groups (broad SMARTS) is 1. The number of pyridine rings is 1. The van der Waals surface area contributed by atoms with E-state index in [4.69, 9.17) is 9.47 Å². The first-order chi connectivity index (χ1) is 16.9. The summed E-state index contributed by atoms with van der Waals surface area (Å²) in [7, 11) is 0. The van der Waals surface area contributed by atoms with Gasteiger partial charge in [-0.3, -0.25) is 4.79 Å². The Kier molecular flexibility index (Phi) is 5.73. The molecule has 3 heterocycles. The number of amides is 1. The first-order valence-electron chi connectivity index (χ1n) is 12.1. The van der Waals surface area contributed by atoms with Gasteiger partial charge in [-0.05, 0) is 46.1 Å². The van der Waals surface area contributed by atoms with Crippen LogP contribution in [0.3, 0.4) is 0 Å². The highest BCUT2D eigenvalue weighted by molar-refractivity contribution is 5.94. The number of nitrogens with one attached hydrogen (secondary N) is 1. The highest BCUT2D eigenvalue weighted by Crippen LogP contribution is 2.44. The maximum Gasteiger partial charge on any atom is 0.407 e. The van der Waals surface area contributed by atoms with Crippen molar-refractivity contribution in [2.24, 2.45) is 5.92 Å². The fraction of sp³-hybridized carbons (Fsp3) is 0.560. The quantitative estimate of drug-likeness (QED) is 0.641. The number of hydrogen-bond donors (Lipinski definition) is 2. The molecule has 2 N–H and O–H groups in total. The van der Waals surface area contributed by atoms with E-state index in [0.29, 0.717) is 32.4 Å². The molecule has 36 heavy (non-hydrogen) atoms. The molecular formula is C25H29F2N3O6. The standard InChI is InChI=1S/C25H29F2N3O6/c1-24(2,3)36-23(34)28-11-25-12-29(9-13(25)6-7-35-25)20-17(26)8-15-19(18(20)27)30(14-4-5-14)10-16(21(15)31)22(32)33/h8,10,13-14H,4-7,9,11-12H2,1-3H3,(H,28,34)(H,32,33)/t13-,25?/m0/s1. The largest absolute Gasteiger partial charge is 0.477 e. The van der Waals surface area contributed by atoms with Crippen LogP contribution in [-0.2, 0) is 9.47 Å². The SMILES string of the molecule is CC(C)(C)OC(=O)NCC12CN(c3c(F)cc4c(=O)c(C(=O)O)cn(C5CC5)c4c3F)C[C@@H]1CCO2. The number of alkyl carbamates (subject to hydrolysis) is 1. The van der Waals surface area contributed by atoms with Crippen LogP contribution >= 0.6 is 0 Å². The summed E-state index contributed by atoms with van der Waals surface area (Å²) in [5, 5.41) is 11.9. The van der Waals surface area contributed by atoms with E-state index in [9.17, 15) is 19.5 Å². The minimum atomic E-state index is -1.44. The van der Waals surface area contributed by atoms with Crippen molar-refractivity contribution < 1.29 is 33.0 Å². The molecule has 2 aliphatic heterocycles. The van der Waals surface area contributed by atoms with Crippen molar-refractivity contribution in [3.8, 4) is 0 Å². The lowest BCUT2D eigenvalue weighted by molar-refractivity contribution is -0.000290. The highest BCUT2D eigenvalue weighted by Gasteiger charge is 2.52. The number of carbonyl (C=O) groups is 2. The Hall–Kier alpha value is -3.21. The summed E-state index contributed by atoms with van der Waals surface area (Å²) in [6.45, 7) is 6.28. The van der Waals surface area contributed by atoms with Crippen LogP contribution in [0.4, 0.5) is 19.3 Å². The smallest absolute Gasteiger partial charge is 0.407 e. The number of hydrogen-bond acceptors (Lipinski definition) is 6. The zero-order valence-corrected chi connectivity index (χ0v) is 20.4. The molecule has 1 aromatic carbocycles. The second-order valence-corrected chi connectivity index (χ2v) is 10.9. The molecule has 2 saturated heterocycles. The van der Waals surface area contributed by atoms with Crippen molar-refractivity contribution in [2.45, 2.75) is 57.3 Å². The molecule has 1 aromatic heterocycles. The van der Waals surface area contributed by atoms with E-state index in [-0.39, 0.29) is 41.6 Å². The van der Waals surface area contributed by atoms with Crippen LogP contribution in [-0.4, -0.2) is 59.2 Å². The van der Waals surface area contributed by atoms with Gasteiger partial charge in [0.15, 0.2) is 5.82 Å². The molecule has 1 saturated carbocycles. The van der Waals surface area contributed by atoms with E-state index in [1.165, 1.54) is 4.57 Å². The summed E-state index contributed by atoms with van der Waals surface area (Å²) >= 11 is 0. The summed E-state index contributed by atoms with van der Waals surface area (Å²) in [4.78, 5) is 38.1. The van der Waals surface area contributed by atoms with Crippen LogP contribution in [0, 0.1) is 17.6 Å². The van der Waals surface area contributed by atoms with Crippen molar-refractivity contribution in [2.75, 3.05) is 31.1 Å².